The van der Waals surface area contributed by atoms with Crippen LogP contribution in [0.25, 0.3) is 0 Å². The minimum Gasteiger partial charge on any atom is -0.396 e. The zero-order valence-electron chi connectivity index (χ0n) is 10.2. The van der Waals surface area contributed by atoms with Crippen LogP contribution in [0.15, 0.2) is 35.5 Å². The van der Waals surface area contributed by atoms with Crippen molar-refractivity contribution in [1.82, 2.24) is 20.6 Å². The zero-order chi connectivity index (χ0) is 12.6. The molecule has 1 aromatic carbocycles. The Morgan fingerprint density at radius 1 is 1.33 bits per heavy atom. The van der Waals surface area contributed by atoms with Crippen molar-refractivity contribution < 1.29 is 4.84 Å². The molecule has 1 N–H and O–H groups in total. The van der Waals surface area contributed by atoms with Crippen molar-refractivity contribution in [3.05, 3.63) is 41.7 Å². The predicted octanol–water partition coefficient (Wildman–Crippen LogP) is 1.57. The number of nitrogens with one attached hydrogen (secondary N) is 1. The maximum absolute atomic E-state index is 5.25. The van der Waals surface area contributed by atoms with Gasteiger partial charge < -0.3 is 4.84 Å². The third-order valence-electron chi connectivity index (χ3n) is 2.42. The highest BCUT2D eigenvalue weighted by atomic mass is 16.6. The van der Waals surface area contributed by atoms with Gasteiger partial charge in [-0.3, -0.25) is 0 Å². The van der Waals surface area contributed by atoms with E-state index in [9.17, 15) is 0 Å². The number of H-pyrrole nitrogens is 1. The predicted molar refractivity (Wildman–Crippen MR) is 67.1 cm³/mol. The van der Waals surface area contributed by atoms with Crippen molar-refractivity contribution in [1.29, 1.82) is 0 Å². The number of benzene rings is 1. The summed E-state index contributed by atoms with van der Waals surface area (Å²) < 4.78 is 0. The SMILES string of the molecule is C/C(=N\OCCCc1nn[nH]n1)c1ccccc1. The Labute approximate surface area is 105 Å². The molecule has 94 valence electrons. The number of aromatic amines is 1. The first-order valence-corrected chi connectivity index (χ1v) is 5.80. The summed E-state index contributed by atoms with van der Waals surface area (Å²) >= 11 is 0. The fourth-order valence-corrected chi connectivity index (χ4v) is 1.46. The van der Waals surface area contributed by atoms with E-state index in [-0.39, 0.29) is 0 Å². The minimum absolute atomic E-state index is 0.540. The van der Waals surface area contributed by atoms with Crippen LogP contribution in [0.2, 0.25) is 0 Å². The van der Waals surface area contributed by atoms with Gasteiger partial charge in [-0.2, -0.15) is 5.21 Å². The summed E-state index contributed by atoms with van der Waals surface area (Å²) in [6.07, 6.45) is 1.54. The van der Waals surface area contributed by atoms with E-state index in [2.05, 4.69) is 25.8 Å². The van der Waals surface area contributed by atoms with Crippen LogP contribution in [0, 0.1) is 0 Å². The number of hydrogen-bond acceptors (Lipinski definition) is 5. The van der Waals surface area contributed by atoms with Crippen LogP contribution in [0.3, 0.4) is 0 Å². The van der Waals surface area contributed by atoms with Crippen molar-refractivity contribution in [2.24, 2.45) is 5.16 Å². The largest absolute Gasteiger partial charge is 0.396 e. The summed E-state index contributed by atoms with van der Waals surface area (Å²) in [6.45, 7) is 2.47. The lowest BCUT2D eigenvalue weighted by Crippen LogP contribution is -1.99. The molecule has 6 heteroatoms. The monoisotopic (exact) mass is 245 g/mol. The number of oxime groups is 1. The lowest BCUT2D eigenvalue weighted by Gasteiger charge is -2.01. The molecule has 6 nitrogen and oxygen atoms in total. The summed E-state index contributed by atoms with van der Waals surface area (Å²) in [5.41, 5.74) is 1.94. The second kappa shape index (κ2) is 6.48. The van der Waals surface area contributed by atoms with Gasteiger partial charge in [-0.1, -0.05) is 40.7 Å². The molecule has 2 rings (SSSR count). The maximum atomic E-state index is 5.25. The van der Waals surface area contributed by atoms with E-state index in [4.69, 9.17) is 4.84 Å². The minimum atomic E-state index is 0.540. The first kappa shape index (κ1) is 12.2. The molecule has 0 fully saturated rings. The second-order valence-corrected chi connectivity index (χ2v) is 3.81. The topological polar surface area (TPSA) is 76.1 Å². The van der Waals surface area contributed by atoms with E-state index in [1.807, 2.05) is 37.3 Å². The van der Waals surface area contributed by atoms with Crippen LogP contribution in [-0.2, 0) is 11.3 Å². The molecule has 18 heavy (non-hydrogen) atoms. The van der Waals surface area contributed by atoms with Gasteiger partial charge in [0.05, 0.1) is 5.71 Å². The highest BCUT2D eigenvalue weighted by molar-refractivity contribution is 5.98. The molecule has 0 saturated heterocycles. The Hall–Kier alpha value is -2.24. The highest BCUT2D eigenvalue weighted by Gasteiger charge is 1.98. The van der Waals surface area contributed by atoms with Gasteiger partial charge in [0.1, 0.15) is 6.61 Å². The Balaban J connectivity index is 1.71. The average molecular weight is 245 g/mol. The number of nitrogens with zero attached hydrogens (tertiary/aromatic N) is 4. The molecule has 0 unspecified atom stereocenters. The normalized spacial score (nSPS) is 11.5. The Morgan fingerprint density at radius 2 is 2.17 bits per heavy atom. The molecule has 0 saturated carbocycles. The van der Waals surface area contributed by atoms with Crippen molar-refractivity contribution in [2.75, 3.05) is 6.61 Å². The van der Waals surface area contributed by atoms with Crippen LogP contribution in [0.1, 0.15) is 24.7 Å². The lowest BCUT2D eigenvalue weighted by atomic mass is 10.1. The average Bonchev–Trinajstić information content (AvgIpc) is 2.92. The molecule has 1 heterocycles. The third-order valence-corrected chi connectivity index (χ3v) is 2.42. The van der Waals surface area contributed by atoms with Crippen LogP contribution in [-0.4, -0.2) is 32.9 Å². The molecule has 2 aromatic rings. The third kappa shape index (κ3) is 3.65. The Kier molecular flexibility index (Phi) is 4.40. The van der Waals surface area contributed by atoms with Gasteiger partial charge in [0.25, 0.3) is 0 Å². The molecule has 0 spiro atoms. The van der Waals surface area contributed by atoms with Crippen LogP contribution in [0.5, 0.6) is 0 Å². The van der Waals surface area contributed by atoms with Gasteiger partial charge in [-0.25, -0.2) is 0 Å². The first-order chi connectivity index (χ1) is 8.86. The van der Waals surface area contributed by atoms with E-state index in [1.54, 1.807) is 0 Å². The molecule has 1 aromatic heterocycles. The summed E-state index contributed by atoms with van der Waals surface area (Å²) in [6, 6.07) is 9.93. The Morgan fingerprint density at radius 3 is 2.89 bits per heavy atom. The van der Waals surface area contributed by atoms with Gasteiger partial charge in [0.2, 0.25) is 0 Å². The molecule has 0 atom stereocenters. The number of hydrogen-bond donors (Lipinski definition) is 1. The number of aromatic nitrogens is 4. The van der Waals surface area contributed by atoms with Gasteiger partial charge in [-0.05, 0) is 18.9 Å². The molecule has 0 aliphatic carbocycles. The summed E-state index contributed by atoms with van der Waals surface area (Å²) in [5.74, 6) is 0.697. The quantitative estimate of drug-likeness (QED) is 0.476. The van der Waals surface area contributed by atoms with E-state index in [0.717, 1.165) is 24.1 Å². The molecular formula is C12H15N5O. The van der Waals surface area contributed by atoms with E-state index in [0.29, 0.717) is 12.4 Å². The molecule has 0 aliphatic rings. The summed E-state index contributed by atoms with van der Waals surface area (Å²) in [4.78, 5) is 5.25. The van der Waals surface area contributed by atoms with Crippen molar-refractivity contribution in [2.45, 2.75) is 19.8 Å². The number of rotatable bonds is 6. The van der Waals surface area contributed by atoms with Crippen LogP contribution >= 0.6 is 0 Å². The molecular weight excluding hydrogens is 230 g/mol. The molecule has 0 radical (unpaired) electrons. The molecule has 0 aliphatic heterocycles. The van der Waals surface area contributed by atoms with Crippen molar-refractivity contribution in [3.63, 3.8) is 0 Å². The van der Waals surface area contributed by atoms with Gasteiger partial charge in [0.15, 0.2) is 5.82 Å². The highest BCUT2D eigenvalue weighted by Crippen LogP contribution is 2.01. The van der Waals surface area contributed by atoms with E-state index in [1.165, 1.54) is 0 Å². The summed E-state index contributed by atoms with van der Waals surface area (Å²) in [5, 5.41) is 17.7. The first-order valence-electron chi connectivity index (χ1n) is 5.80. The Bertz CT molecular complexity index is 480. The van der Waals surface area contributed by atoms with Gasteiger partial charge >= 0.3 is 0 Å². The van der Waals surface area contributed by atoms with Crippen molar-refractivity contribution >= 4 is 5.71 Å². The maximum Gasteiger partial charge on any atom is 0.174 e. The zero-order valence-corrected chi connectivity index (χ0v) is 10.2. The van der Waals surface area contributed by atoms with Crippen molar-refractivity contribution in [3.8, 4) is 0 Å². The fraction of sp³-hybridized carbons (Fsp3) is 0.333. The fourth-order valence-electron chi connectivity index (χ4n) is 1.46. The van der Waals surface area contributed by atoms with Crippen LogP contribution < -0.4 is 0 Å². The van der Waals surface area contributed by atoms with E-state index >= 15 is 0 Å². The second-order valence-electron chi connectivity index (χ2n) is 3.81. The van der Waals surface area contributed by atoms with E-state index < -0.39 is 0 Å². The number of tetrazole rings is 1. The standard InChI is InChI=1S/C12H15N5O/c1-10(11-6-3-2-4-7-11)15-18-9-5-8-12-13-16-17-14-12/h2-4,6-7H,5,8-9H2,1H3,(H,13,14,16,17)/b15-10+. The summed E-state index contributed by atoms with van der Waals surface area (Å²) in [7, 11) is 0. The lowest BCUT2D eigenvalue weighted by molar-refractivity contribution is 0.141. The smallest absolute Gasteiger partial charge is 0.174 e. The van der Waals surface area contributed by atoms with Crippen LogP contribution in [0.4, 0.5) is 0 Å². The molecule has 0 bridgehead atoms. The van der Waals surface area contributed by atoms with Gasteiger partial charge in [0, 0.05) is 6.42 Å². The van der Waals surface area contributed by atoms with Gasteiger partial charge in [-0.15, -0.1) is 10.2 Å². The molecule has 0 amide bonds. The number of aryl methyl sites for hydroxylation is 1.